The molecule has 0 spiro atoms. The average Bonchev–Trinajstić information content (AvgIpc) is 3.13. The van der Waals surface area contributed by atoms with Gasteiger partial charge in [-0.05, 0) is 55.3 Å². The summed E-state index contributed by atoms with van der Waals surface area (Å²) in [5.74, 6) is 0. The van der Waals surface area contributed by atoms with Crippen LogP contribution in [0.4, 0.5) is 0 Å². The summed E-state index contributed by atoms with van der Waals surface area (Å²) in [6.45, 7) is 4.41. The van der Waals surface area contributed by atoms with Gasteiger partial charge in [0.25, 0.3) is 0 Å². The van der Waals surface area contributed by atoms with E-state index >= 15 is 0 Å². The molecule has 0 amide bonds. The summed E-state index contributed by atoms with van der Waals surface area (Å²) in [6, 6.07) is 20.2. The van der Waals surface area contributed by atoms with Crippen molar-refractivity contribution >= 4 is 55.4 Å². The van der Waals surface area contributed by atoms with Crippen molar-refractivity contribution in [1.29, 1.82) is 0 Å². The fourth-order valence-electron chi connectivity index (χ4n) is 4.63. The molecule has 2 aromatic carbocycles. The molecule has 6 heteroatoms. The van der Waals surface area contributed by atoms with Crippen molar-refractivity contribution in [3.8, 4) is 0 Å². The minimum Gasteiger partial charge on any atom is -0.402 e. The van der Waals surface area contributed by atoms with E-state index < -0.39 is 5.63 Å². The van der Waals surface area contributed by atoms with E-state index in [0.717, 1.165) is 50.3 Å². The monoisotopic (exact) mass is 453 g/mol. The molecule has 162 valence electrons. The van der Waals surface area contributed by atoms with Crippen LogP contribution >= 0.6 is 11.6 Å². The highest BCUT2D eigenvalue weighted by molar-refractivity contribution is 6.30. The fourth-order valence-corrected chi connectivity index (χ4v) is 4.83. The average molecular weight is 454 g/mol. The Hall–Kier alpha value is -3.70. The molecule has 0 bridgehead atoms. The maximum Gasteiger partial charge on any atom is 0.362 e. The number of benzene rings is 2. The third-order valence-electron chi connectivity index (χ3n) is 6.27. The first-order valence-electron chi connectivity index (χ1n) is 10.9. The quantitative estimate of drug-likeness (QED) is 0.290. The summed E-state index contributed by atoms with van der Waals surface area (Å²) in [6.07, 6.45) is 0.903. The number of rotatable bonds is 3. The van der Waals surface area contributed by atoms with Gasteiger partial charge in [-0.2, -0.15) is 0 Å². The van der Waals surface area contributed by atoms with Crippen LogP contribution in [0, 0.1) is 6.92 Å². The lowest BCUT2D eigenvalue weighted by atomic mass is 10.1. The van der Waals surface area contributed by atoms with E-state index in [-0.39, 0.29) is 0 Å². The second-order valence-corrected chi connectivity index (χ2v) is 8.70. The predicted octanol–water partition coefficient (Wildman–Crippen LogP) is 6.42. The second-order valence-electron chi connectivity index (χ2n) is 8.34. The van der Waals surface area contributed by atoms with Crippen molar-refractivity contribution < 1.29 is 4.42 Å². The molecule has 5 nitrogen and oxygen atoms in total. The van der Waals surface area contributed by atoms with Crippen molar-refractivity contribution in [1.82, 2.24) is 14.5 Å². The Balaban J connectivity index is 1.70. The van der Waals surface area contributed by atoms with E-state index in [4.69, 9.17) is 16.0 Å². The van der Waals surface area contributed by atoms with Gasteiger partial charge < -0.3 is 8.98 Å². The number of pyridine rings is 2. The van der Waals surface area contributed by atoms with Crippen LogP contribution in [-0.4, -0.2) is 14.5 Å². The van der Waals surface area contributed by atoms with Gasteiger partial charge in [-0.3, -0.25) is 0 Å². The van der Waals surface area contributed by atoms with E-state index in [9.17, 15) is 4.79 Å². The highest BCUT2D eigenvalue weighted by Crippen LogP contribution is 2.34. The van der Waals surface area contributed by atoms with Gasteiger partial charge in [-0.25, -0.2) is 14.8 Å². The molecule has 0 radical (unpaired) electrons. The van der Waals surface area contributed by atoms with Gasteiger partial charge in [0.05, 0.1) is 12.1 Å². The van der Waals surface area contributed by atoms with Crippen LogP contribution in [-0.2, 0) is 13.0 Å². The highest BCUT2D eigenvalue weighted by atomic mass is 35.5. The second kappa shape index (κ2) is 7.42. The van der Waals surface area contributed by atoms with Gasteiger partial charge in [-0.1, -0.05) is 42.8 Å². The number of para-hydroxylation sites is 1. The molecule has 0 saturated carbocycles. The van der Waals surface area contributed by atoms with E-state index in [0.29, 0.717) is 22.9 Å². The summed E-state index contributed by atoms with van der Waals surface area (Å²) in [5.41, 5.74) is 5.11. The molecule has 4 aromatic heterocycles. The molecule has 6 rings (SSSR count). The minimum absolute atomic E-state index is 0.360. The number of halogens is 1. The Labute approximate surface area is 194 Å². The standard InChI is InChI=1S/C27H20ClN3O2/c1-3-16-9-11-22-20(12-16)23-19-10-8-15(2)29-26(19)33-27(32)24(23)31(22)14-18-13-17-6-4-5-7-21(17)30-25(18)28/h4-13H,3,14H2,1-2H3. The summed E-state index contributed by atoms with van der Waals surface area (Å²) >= 11 is 6.59. The van der Waals surface area contributed by atoms with Crippen molar-refractivity contribution in [2.75, 3.05) is 0 Å². The molecule has 0 atom stereocenters. The smallest absolute Gasteiger partial charge is 0.362 e. The molecule has 33 heavy (non-hydrogen) atoms. The van der Waals surface area contributed by atoms with Crippen LogP contribution in [0.5, 0.6) is 0 Å². The molecule has 0 aliphatic heterocycles. The van der Waals surface area contributed by atoms with Gasteiger partial charge >= 0.3 is 5.63 Å². The third-order valence-corrected chi connectivity index (χ3v) is 6.59. The van der Waals surface area contributed by atoms with E-state index in [1.54, 1.807) is 0 Å². The molecule has 0 saturated heterocycles. The number of aryl methyl sites for hydroxylation is 2. The predicted molar refractivity (Wildman–Crippen MR) is 133 cm³/mol. The first-order chi connectivity index (χ1) is 16.0. The molecular formula is C27H20ClN3O2. The maximum atomic E-state index is 13.3. The zero-order chi connectivity index (χ0) is 22.7. The van der Waals surface area contributed by atoms with Gasteiger partial charge in [0.2, 0.25) is 5.71 Å². The van der Waals surface area contributed by atoms with Gasteiger partial charge in [0.1, 0.15) is 10.7 Å². The van der Waals surface area contributed by atoms with Crippen LogP contribution in [0.15, 0.2) is 69.9 Å². The highest BCUT2D eigenvalue weighted by Gasteiger charge is 2.20. The van der Waals surface area contributed by atoms with Crippen LogP contribution < -0.4 is 5.63 Å². The van der Waals surface area contributed by atoms with E-state index in [1.165, 1.54) is 5.56 Å². The zero-order valence-corrected chi connectivity index (χ0v) is 19.0. The first kappa shape index (κ1) is 19.9. The van der Waals surface area contributed by atoms with Gasteiger partial charge in [0.15, 0.2) is 0 Å². The molecule has 0 aliphatic carbocycles. The summed E-state index contributed by atoms with van der Waals surface area (Å²) in [5, 5.41) is 4.14. The van der Waals surface area contributed by atoms with Gasteiger partial charge in [0, 0.05) is 38.3 Å². The molecule has 6 aromatic rings. The lowest BCUT2D eigenvalue weighted by Crippen LogP contribution is -2.09. The Morgan fingerprint density at radius 3 is 2.70 bits per heavy atom. The topological polar surface area (TPSA) is 60.9 Å². The molecule has 0 unspecified atom stereocenters. The van der Waals surface area contributed by atoms with E-state index in [2.05, 4.69) is 35.1 Å². The normalized spacial score (nSPS) is 11.8. The molecule has 4 heterocycles. The Bertz CT molecular complexity index is 1780. The SMILES string of the molecule is CCc1ccc2c(c1)c1c3ccc(C)nc3oc(=O)c1n2Cc1cc2ccccc2nc1Cl. The molecule has 0 N–H and O–H groups in total. The third kappa shape index (κ3) is 3.11. The van der Waals surface area contributed by atoms with Crippen LogP contribution in [0.2, 0.25) is 5.15 Å². The molecule has 0 fully saturated rings. The van der Waals surface area contributed by atoms with Crippen LogP contribution in [0.25, 0.3) is 43.8 Å². The summed E-state index contributed by atoms with van der Waals surface area (Å²) in [4.78, 5) is 22.3. The number of fused-ring (bicyclic) bond motifs is 6. The number of hydrogen-bond donors (Lipinski definition) is 0. The number of aromatic nitrogens is 3. The summed E-state index contributed by atoms with van der Waals surface area (Å²) in [7, 11) is 0. The van der Waals surface area contributed by atoms with E-state index in [1.807, 2.05) is 54.0 Å². The Morgan fingerprint density at radius 1 is 1.00 bits per heavy atom. The van der Waals surface area contributed by atoms with Crippen LogP contribution in [0.1, 0.15) is 23.7 Å². The van der Waals surface area contributed by atoms with Gasteiger partial charge in [-0.15, -0.1) is 0 Å². The Kier molecular flexibility index (Phi) is 4.49. The zero-order valence-electron chi connectivity index (χ0n) is 18.2. The van der Waals surface area contributed by atoms with Crippen molar-refractivity contribution in [3.05, 3.63) is 93.1 Å². The number of nitrogens with zero attached hydrogens (tertiary/aromatic N) is 3. The fraction of sp³-hybridized carbons (Fsp3) is 0.148. The molecule has 0 aliphatic rings. The van der Waals surface area contributed by atoms with Crippen molar-refractivity contribution in [3.63, 3.8) is 0 Å². The molecular weight excluding hydrogens is 434 g/mol. The maximum absolute atomic E-state index is 13.3. The lowest BCUT2D eigenvalue weighted by Gasteiger charge is -2.10. The van der Waals surface area contributed by atoms with Crippen molar-refractivity contribution in [2.24, 2.45) is 0 Å². The van der Waals surface area contributed by atoms with Crippen LogP contribution in [0.3, 0.4) is 0 Å². The first-order valence-corrected chi connectivity index (χ1v) is 11.3. The largest absolute Gasteiger partial charge is 0.402 e. The Morgan fingerprint density at radius 2 is 1.85 bits per heavy atom. The summed E-state index contributed by atoms with van der Waals surface area (Å²) < 4.78 is 7.68. The number of hydrogen-bond acceptors (Lipinski definition) is 4. The van der Waals surface area contributed by atoms with Crippen molar-refractivity contribution in [2.45, 2.75) is 26.8 Å². The lowest BCUT2D eigenvalue weighted by molar-refractivity contribution is 0.552. The minimum atomic E-state index is -0.408.